The lowest BCUT2D eigenvalue weighted by atomic mass is 9.99. The average Bonchev–Trinajstić information content (AvgIpc) is 2.18. The first-order valence-corrected chi connectivity index (χ1v) is 4.69. The van der Waals surface area contributed by atoms with E-state index in [1.54, 1.807) is 6.20 Å². The fourth-order valence-corrected chi connectivity index (χ4v) is 1.26. The Balaban J connectivity index is 2.68. The zero-order valence-electron chi connectivity index (χ0n) is 8.16. The van der Waals surface area contributed by atoms with Crippen molar-refractivity contribution in [1.29, 1.82) is 0 Å². The molecule has 0 fully saturated rings. The number of rotatable bonds is 4. The summed E-state index contributed by atoms with van der Waals surface area (Å²) in [5.74, 6) is 0.224. The standard InChI is InChI=1S/C11H15NO/c1-3-6-11(13)9(2)10-7-4-5-8-12-10/h4-5,7-9H,3,6H2,1-2H3. The van der Waals surface area contributed by atoms with Gasteiger partial charge in [-0.15, -0.1) is 0 Å². The zero-order chi connectivity index (χ0) is 9.68. The van der Waals surface area contributed by atoms with E-state index in [4.69, 9.17) is 0 Å². The summed E-state index contributed by atoms with van der Waals surface area (Å²) in [6, 6.07) is 5.68. The second-order valence-corrected chi connectivity index (χ2v) is 3.19. The molecule has 0 aliphatic heterocycles. The molecule has 1 atom stereocenters. The molecule has 0 aliphatic rings. The molecule has 0 radical (unpaired) electrons. The molecule has 0 amide bonds. The molecular formula is C11H15NO. The summed E-state index contributed by atoms with van der Waals surface area (Å²) < 4.78 is 0. The van der Waals surface area contributed by atoms with Gasteiger partial charge in [-0.1, -0.05) is 13.0 Å². The molecule has 2 heteroatoms. The topological polar surface area (TPSA) is 30.0 Å². The number of ketones is 1. The van der Waals surface area contributed by atoms with Crippen LogP contribution in [-0.4, -0.2) is 10.8 Å². The molecule has 1 aromatic heterocycles. The summed E-state index contributed by atoms with van der Waals surface area (Å²) in [5.41, 5.74) is 0.876. The van der Waals surface area contributed by atoms with Gasteiger partial charge < -0.3 is 0 Å². The van der Waals surface area contributed by atoms with Crippen LogP contribution in [-0.2, 0) is 4.79 Å². The van der Waals surface area contributed by atoms with Gasteiger partial charge in [-0.2, -0.15) is 0 Å². The minimum absolute atomic E-state index is 0.0545. The van der Waals surface area contributed by atoms with E-state index >= 15 is 0 Å². The van der Waals surface area contributed by atoms with Gasteiger partial charge in [0.25, 0.3) is 0 Å². The van der Waals surface area contributed by atoms with E-state index in [-0.39, 0.29) is 11.7 Å². The van der Waals surface area contributed by atoms with Crippen molar-refractivity contribution in [2.24, 2.45) is 0 Å². The highest BCUT2D eigenvalue weighted by Gasteiger charge is 2.14. The third-order valence-electron chi connectivity index (χ3n) is 2.11. The Kier molecular flexibility index (Phi) is 3.62. The van der Waals surface area contributed by atoms with Gasteiger partial charge in [0.2, 0.25) is 0 Å². The molecule has 2 nitrogen and oxygen atoms in total. The lowest BCUT2D eigenvalue weighted by Crippen LogP contribution is -2.09. The number of pyridine rings is 1. The fourth-order valence-electron chi connectivity index (χ4n) is 1.26. The van der Waals surface area contributed by atoms with Crippen LogP contribution in [0.1, 0.15) is 38.3 Å². The van der Waals surface area contributed by atoms with Crippen molar-refractivity contribution in [2.75, 3.05) is 0 Å². The number of Topliss-reactive ketones (excluding diaryl/α,β-unsaturated/α-hetero) is 1. The normalized spacial score (nSPS) is 12.5. The van der Waals surface area contributed by atoms with Crippen molar-refractivity contribution < 1.29 is 4.79 Å². The number of aromatic nitrogens is 1. The van der Waals surface area contributed by atoms with Crippen molar-refractivity contribution in [2.45, 2.75) is 32.6 Å². The van der Waals surface area contributed by atoms with Gasteiger partial charge in [-0.05, 0) is 25.5 Å². The second kappa shape index (κ2) is 4.75. The van der Waals surface area contributed by atoms with E-state index in [9.17, 15) is 4.79 Å². The fraction of sp³-hybridized carbons (Fsp3) is 0.455. The Morgan fingerprint density at radius 3 is 2.85 bits per heavy atom. The molecular weight excluding hydrogens is 162 g/mol. The van der Waals surface area contributed by atoms with Crippen molar-refractivity contribution in [3.8, 4) is 0 Å². The van der Waals surface area contributed by atoms with Crippen LogP contribution in [0.15, 0.2) is 24.4 Å². The SMILES string of the molecule is CCCC(=O)C(C)c1ccccn1. The predicted octanol–water partition coefficient (Wildman–Crippen LogP) is 2.55. The van der Waals surface area contributed by atoms with E-state index < -0.39 is 0 Å². The summed E-state index contributed by atoms with van der Waals surface area (Å²) in [5, 5.41) is 0. The highest BCUT2D eigenvalue weighted by Crippen LogP contribution is 2.15. The van der Waals surface area contributed by atoms with Crippen LogP contribution >= 0.6 is 0 Å². The summed E-state index contributed by atoms with van der Waals surface area (Å²) in [7, 11) is 0. The van der Waals surface area contributed by atoms with Crippen molar-refractivity contribution in [3.05, 3.63) is 30.1 Å². The molecule has 0 aliphatic carbocycles. The molecule has 1 heterocycles. The molecule has 1 aromatic rings. The summed E-state index contributed by atoms with van der Waals surface area (Å²) >= 11 is 0. The van der Waals surface area contributed by atoms with Crippen LogP contribution in [0.25, 0.3) is 0 Å². The third kappa shape index (κ3) is 2.65. The lowest BCUT2D eigenvalue weighted by molar-refractivity contribution is -0.120. The molecule has 1 unspecified atom stereocenters. The van der Waals surface area contributed by atoms with Gasteiger partial charge in [0.05, 0.1) is 11.6 Å². The number of nitrogens with zero attached hydrogens (tertiary/aromatic N) is 1. The third-order valence-corrected chi connectivity index (χ3v) is 2.11. The molecule has 1 rings (SSSR count). The molecule has 0 N–H and O–H groups in total. The Labute approximate surface area is 79.0 Å². The van der Waals surface area contributed by atoms with Crippen LogP contribution in [0.5, 0.6) is 0 Å². The quantitative estimate of drug-likeness (QED) is 0.707. The minimum atomic E-state index is -0.0545. The summed E-state index contributed by atoms with van der Waals surface area (Å²) in [6.07, 6.45) is 3.29. The number of carbonyl (C=O) groups excluding carboxylic acids is 1. The highest BCUT2D eigenvalue weighted by molar-refractivity contribution is 5.84. The first-order chi connectivity index (χ1) is 6.25. The van der Waals surface area contributed by atoms with Gasteiger partial charge in [0, 0.05) is 12.6 Å². The molecule has 0 bridgehead atoms. The monoisotopic (exact) mass is 177 g/mol. The number of hydrogen-bond acceptors (Lipinski definition) is 2. The Bertz CT molecular complexity index is 269. The van der Waals surface area contributed by atoms with Gasteiger partial charge in [-0.25, -0.2) is 0 Å². The molecule has 0 saturated heterocycles. The van der Waals surface area contributed by atoms with E-state index in [1.165, 1.54) is 0 Å². The van der Waals surface area contributed by atoms with Crippen molar-refractivity contribution in [1.82, 2.24) is 4.98 Å². The molecule has 13 heavy (non-hydrogen) atoms. The molecule has 0 aromatic carbocycles. The zero-order valence-corrected chi connectivity index (χ0v) is 8.16. The predicted molar refractivity (Wildman–Crippen MR) is 52.6 cm³/mol. The van der Waals surface area contributed by atoms with Gasteiger partial charge >= 0.3 is 0 Å². The first kappa shape index (κ1) is 9.90. The minimum Gasteiger partial charge on any atom is -0.299 e. The van der Waals surface area contributed by atoms with Crippen LogP contribution < -0.4 is 0 Å². The first-order valence-electron chi connectivity index (χ1n) is 4.69. The summed E-state index contributed by atoms with van der Waals surface area (Å²) in [6.45, 7) is 3.93. The number of hydrogen-bond donors (Lipinski definition) is 0. The van der Waals surface area contributed by atoms with Crippen LogP contribution in [0, 0.1) is 0 Å². The maximum absolute atomic E-state index is 11.5. The molecule has 0 saturated carbocycles. The van der Waals surface area contributed by atoms with Crippen molar-refractivity contribution >= 4 is 5.78 Å². The Morgan fingerprint density at radius 2 is 2.31 bits per heavy atom. The van der Waals surface area contributed by atoms with Gasteiger partial charge in [0.1, 0.15) is 5.78 Å². The van der Waals surface area contributed by atoms with Crippen LogP contribution in [0.3, 0.4) is 0 Å². The van der Waals surface area contributed by atoms with E-state index in [0.29, 0.717) is 6.42 Å². The smallest absolute Gasteiger partial charge is 0.141 e. The maximum Gasteiger partial charge on any atom is 0.141 e. The highest BCUT2D eigenvalue weighted by atomic mass is 16.1. The molecule has 70 valence electrons. The van der Waals surface area contributed by atoms with E-state index in [2.05, 4.69) is 4.98 Å². The maximum atomic E-state index is 11.5. The second-order valence-electron chi connectivity index (χ2n) is 3.19. The van der Waals surface area contributed by atoms with E-state index in [1.807, 2.05) is 32.0 Å². The average molecular weight is 177 g/mol. The largest absolute Gasteiger partial charge is 0.299 e. The van der Waals surface area contributed by atoms with E-state index in [0.717, 1.165) is 12.1 Å². The number of carbonyl (C=O) groups is 1. The van der Waals surface area contributed by atoms with Gasteiger partial charge in [0.15, 0.2) is 0 Å². The van der Waals surface area contributed by atoms with Crippen molar-refractivity contribution in [3.63, 3.8) is 0 Å². The Morgan fingerprint density at radius 1 is 1.54 bits per heavy atom. The van der Waals surface area contributed by atoms with Gasteiger partial charge in [-0.3, -0.25) is 9.78 Å². The van der Waals surface area contributed by atoms with Crippen LogP contribution in [0.4, 0.5) is 0 Å². The van der Waals surface area contributed by atoms with Crippen LogP contribution in [0.2, 0.25) is 0 Å². The Hall–Kier alpha value is -1.18. The summed E-state index contributed by atoms with van der Waals surface area (Å²) in [4.78, 5) is 15.7. The lowest BCUT2D eigenvalue weighted by Gasteiger charge is -2.07. The molecule has 0 spiro atoms.